The minimum absolute atomic E-state index is 0.188. The maximum Gasteiger partial charge on any atom is 0.339 e. The summed E-state index contributed by atoms with van der Waals surface area (Å²) in [5.74, 6) is -0.937. The molecule has 1 aromatic carbocycles. The lowest BCUT2D eigenvalue weighted by Gasteiger charge is -2.07. The molecule has 0 atom stereocenters. The van der Waals surface area contributed by atoms with E-state index in [1.807, 2.05) is 0 Å². The molecule has 1 amide bonds. The van der Waals surface area contributed by atoms with E-state index in [9.17, 15) is 9.59 Å². The highest BCUT2D eigenvalue weighted by Gasteiger charge is 2.13. The van der Waals surface area contributed by atoms with E-state index in [4.69, 9.17) is 11.6 Å². The molecule has 1 heterocycles. The molecular formula is C14H11ClN2O3. The van der Waals surface area contributed by atoms with E-state index in [1.54, 1.807) is 24.3 Å². The minimum atomic E-state index is -0.566. The van der Waals surface area contributed by atoms with Crippen LogP contribution in [0, 0.1) is 0 Å². The highest BCUT2D eigenvalue weighted by Crippen LogP contribution is 2.21. The van der Waals surface area contributed by atoms with Crippen LogP contribution in [0.2, 0.25) is 5.02 Å². The molecule has 0 fully saturated rings. The van der Waals surface area contributed by atoms with Gasteiger partial charge in [-0.15, -0.1) is 0 Å². The molecule has 2 rings (SSSR count). The van der Waals surface area contributed by atoms with Crippen LogP contribution in [0.3, 0.4) is 0 Å². The van der Waals surface area contributed by atoms with Crippen molar-refractivity contribution in [2.75, 3.05) is 12.4 Å². The molecule has 0 aliphatic rings. The van der Waals surface area contributed by atoms with Crippen molar-refractivity contribution in [3.8, 4) is 0 Å². The fraction of sp³-hybridized carbons (Fsp3) is 0.0714. The Labute approximate surface area is 120 Å². The van der Waals surface area contributed by atoms with Gasteiger partial charge in [-0.2, -0.15) is 0 Å². The highest BCUT2D eigenvalue weighted by molar-refractivity contribution is 6.33. The van der Waals surface area contributed by atoms with Gasteiger partial charge in [0.2, 0.25) is 0 Å². The number of amides is 1. The second kappa shape index (κ2) is 6.16. The second-order valence-corrected chi connectivity index (χ2v) is 4.26. The molecule has 0 bridgehead atoms. The summed E-state index contributed by atoms with van der Waals surface area (Å²) in [6, 6.07) is 9.58. The molecule has 1 aromatic heterocycles. The first-order valence-electron chi connectivity index (χ1n) is 5.72. The Balaban J connectivity index is 2.22. The number of halogens is 1. The normalized spacial score (nSPS) is 9.90. The lowest BCUT2D eigenvalue weighted by molar-refractivity contribution is 0.0600. The zero-order valence-electron chi connectivity index (χ0n) is 10.6. The maximum absolute atomic E-state index is 11.9. The van der Waals surface area contributed by atoms with Crippen molar-refractivity contribution in [2.45, 2.75) is 0 Å². The van der Waals surface area contributed by atoms with Gasteiger partial charge in [-0.1, -0.05) is 17.7 Å². The smallest absolute Gasteiger partial charge is 0.339 e. The van der Waals surface area contributed by atoms with Gasteiger partial charge in [-0.3, -0.25) is 9.78 Å². The molecule has 2 aromatic rings. The predicted octanol–water partition coefficient (Wildman–Crippen LogP) is 2.77. The van der Waals surface area contributed by atoms with Gasteiger partial charge < -0.3 is 10.1 Å². The topological polar surface area (TPSA) is 68.3 Å². The first-order chi connectivity index (χ1) is 9.61. The number of methoxy groups -OCH3 is 1. The summed E-state index contributed by atoms with van der Waals surface area (Å²) in [6.45, 7) is 0. The van der Waals surface area contributed by atoms with Gasteiger partial charge in [0.15, 0.2) is 0 Å². The Morgan fingerprint density at radius 3 is 2.70 bits per heavy atom. The Morgan fingerprint density at radius 2 is 2.05 bits per heavy atom. The summed E-state index contributed by atoms with van der Waals surface area (Å²) in [4.78, 5) is 27.4. The van der Waals surface area contributed by atoms with Crippen LogP contribution in [-0.2, 0) is 4.74 Å². The van der Waals surface area contributed by atoms with Crippen molar-refractivity contribution in [3.05, 3.63) is 58.9 Å². The molecule has 0 saturated heterocycles. The van der Waals surface area contributed by atoms with Crippen LogP contribution in [-0.4, -0.2) is 24.0 Å². The van der Waals surface area contributed by atoms with Crippen molar-refractivity contribution in [1.82, 2.24) is 4.98 Å². The SMILES string of the molecule is COC(=O)c1cc(NC(=O)c2ccccn2)ccc1Cl. The average molecular weight is 291 g/mol. The zero-order chi connectivity index (χ0) is 14.5. The largest absolute Gasteiger partial charge is 0.465 e. The average Bonchev–Trinajstić information content (AvgIpc) is 2.49. The Hall–Kier alpha value is -2.40. The van der Waals surface area contributed by atoms with Crippen LogP contribution in [0.5, 0.6) is 0 Å². The predicted molar refractivity (Wildman–Crippen MR) is 75.0 cm³/mol. The number of ether oxygens (including phenoxy) is 1. The first kappa shape index (κ1) is 14.0. The number of carbonyl (C=O) groups excluding carboxylic acids is 2. The molecule has 1 N–H and O–H groups in total. The third kappa shape index (κ3) is 3.13. The third-order valence-electron chi connectivity index (χ3n) is 2.53. The number of pyridine rings is 1. The molecule has 0 spiro atoms. The molecule has 0 saturated carbocycles. The second-order valence-electron chi connectivity index (χ2n) is 3.86. The standard InChI is InChI=1S/C14H11ClN2O3/c1-20-14(19)10-8-9(5-6-11(10)15)17-13(18)12-4-2-3-7-16-12/h2-8H,1H3,(H,17,18). The Kier molecular flexibility index (Phi) is 4.32. The molecule has 102 valence electrons. The van der Waals surface area contributed by atoms with Crippen molar-refractivity contribution in [2.24, 2.45) is 0 Å². The quantitative estimate of drug-likeness (QED) is 0.883. The van der Waals surface area contributed by atoms with E-state index in [0.29, 0.717) is 5.69 Å². The summed E-state index contributed by atoms with van der Waals surface area (Å²) in [5.41, 5.74) is 0.903. The van der Waals surface area contributed by atoms with E-state index in [2.05, 4.69) is 15.0 Å². The molecule has 5 nitrogen and oxygen atoms in total. The lowest BCUT2D eigenvalue weighted by atomic mass is 10.2. The molecule has 0 aliphatic heterocycles. The number of carbonyl (C=O) groups is 2. The van der Waals surface area contributed by atoms with Crippen molar-refractivity contribution < 1.29 is 14.3 Å². The maximum atomic E-state index is 11.9. The van der Waals surface area contributed by atoms with Crippen LogP contribution < -0.4 is 5.32 Å². The number of benzene rings is 1. The number of anilines is 1. The van der Waals surface area contributed by atoms with E-state index < -0.39 is 5.97 Å². The summed E-state index contributed by atoms with van der Waals surface area (Å²) in [5, 5.41) is 2.89. The van der Waals surface area contributed by atoms with Gasteiger partial charge in [0, 0.05) is 11.9 Å². The van der Waals surface area contributed by atoms with Crippen molar-refractivity contribution in [1.29, 1.82) is 0 Å². The van der Waals surface area contributed by atoms with Crippen LogP contribution in [0.1, 0.15) is 20.8 Å². The van der Waals surface area contributed by atoms with Gasteiger partial charge in [0.1, 0.15) is 5.69 Å². The number of hydrogen-bond donors (Lipinski definition) is 1. The molecule has 20 heavy (non-hydrogen) atoms. The molecule has 0 aliphatic carbocycles. The van der Waals surface area contributed by atoms with Crippen LogP contribution in [0.15, 0.2) is 42.6 Å². The number of esters is 1. The summed E-state index contributed by atoms with van der Waals surface area (Å²) >= 11 is 5.90. The van der Waals surface area contributed by atoms with Crippen LogP contribution in [0.25, 0.3) is 0 Å². The fourth-order valence-electron chi connectivity index (χ4n) is 1.56. The van der Waals surface area contributed by atoms with Crippen molar-refractivity contribution >= 4 is 29.2 Å². The van der Waals surface area contributed by atoms with E-state index >= 15 is 0 Å². The van der Waals surface area contributed by atoms with Gasteiger partial charge in [0.25, 0.3) is 5.91 Å². The first-order valence-corrected chi connectivity index (χ1v) is 6.10. The van der Waals surface area contributed by atoms with Gasteiger partial charge in [-0.05, 0) is 30.3 Å². The fourth-order valence-corrected chi connectivity index (χ4v) is 1.76. The zero-order valence-corrected chi connectivity index (χ0v) is 11.3. The summed E-state index contributed by atoms with van der Waals surface area (Å²) < 4.78 is 4.61. The number of hydrogen-bond acceptors (Lipinski definition) is 4. The van der Waals surface area contributed by atoms with Gasteiger partial charge in [-0.25, -0.2) is 4.79 Å². The van der Waals surface area contributed by atoms with Crippen LogP contribution in [0.4, 0.5) is 5.69 Å². The van der Waals surface area contributed by atoms with E-state index in [-0.39, 0.29) is 22.2 Å². The van der Waals surface area contributed by atoms with Gasteiger partial charge in [0.05, 0.1) is 17.7 Å². The van der Waals surface area contributed by atoms with Gasteiger partial charge >= 0.3 is 5.97 Å². The van der Waals surface area contributed by atoms with E-state index in [1.165, 1.54) is 25.4 Å². The number of aromatic nitrogens is 1. The number of nitrogens with one attached hydrogen (secondary N) is 1. The summed E-state index contributed by atoms with van der Waals surface area (Å²) in [6.07, 6.45) is 1.52. The van der Waals surface area contributed by atoms with E-state index in [0.717, 1.165) is 0 Å². The monoisotopic (exact) mass is 290 g/mol. The number of nitrogens with zero attached hydrogens (tertiary/aromatic N) is 1. The number of rotatable bonds is 3. The summed E-state index contributed by atoms with van der Waals surface area (Å²) in [7, 11) is 1.26. The molecule has 0 radical (unpaired) electrons. The molecule has 6 heteroatoms. The molecule has 0 unspecified atom stereocenters. The molecular weight excluding hydrogens is 280 g/mol. The van der Waals surface area contributed by atoms with Crippen molar-refractivity contribution in [3.63, 3.8) is 0 Å². The minimum Gasteiger partial charge on any atom is -0.465 e. The Bertz CT molecular complexity index is 644. The van der Waals surface area contributed by atoms with Crippen LogP contribution >= 0.6 is 11.6 Å². The Morgan fingerprint density at radius 1 is 1.25 bits per heavy atom. The third-order valence-corrected chi connectivity index (χ3v) is 2.86. The highest BCUT2D eigenvalue weighted by atomic mass is 35.5. The lowest BCUT2D eigenvalue weighted by Crippen LogP contribution is -2.14.